The Balaban J connectivity index is 0.926. The van der Waals surface area contributed by atoms with Crippen molar-refractivity contribution >= 4 is 76.2 Å². The molecular weight excluding hydrogens is 831 g/mol. The zero-order valence-corrected chi connectivity index (χ0v) is 36.7. The normalized spacial score (nSPS) is 11.9. The van der Waals surface area contributed by atoms with Crippen molar-refractivity contribution in [2.24, 2.45) is 0 Å². The second-order valence-electron chi connectivity index (χ2n) is 17.6. The van der Waals surface area contributed by atoms with E-state index in [4.69, 9.17) is 19.5 Å². The maximum atomic E-state index is 6.83. The molecule has 14 aromatic rings. The fourth-order valence-electron chi connectivity index (χ4n) is 10.4. The Bertz CT molecular complexity index is 4300. The van der Waals surface area contributed by atoms with Crippen molar-refractivity contribution < 1.29 is 9.10 Å². The Morgan fingerprint density at radius 3 is 2.04 bits per heavy atom. The summed E-state index contributed by atoms with van der Waals surface area (Å²) in [5, 5.41) is 15.4. The first-order valence-corrected chi connectivity index (χ1v) is 23.0. The zero-order valence-electron chi connectivity index (χ0n) is 36.7. The number of nitrogens with zero attached hydrogens (tertiary/aromatic N) is 5. The number of aromatic nitrogens is 5. The molecule has 0 bridgehead atoms. The lowest BCUT2D eigenvalue weighted by Crippen LogP contribution is -2.40. The lowest BCUT2D eigenvalue weighted by atomic mass is 9.97. The molecule has 10 aromatic carbocycles. The topological polar surface area (TPSA) is 61.8 Å². The first-order valence-electron chi connectivity index (χ1n) is 23.0. The molecule has 0 atom stereocenters. The van der Waals surface area contributed by atoms with Crippen LogP contribution in [0.4, 0.5) is 0 Å². The monoisotopic (exact) mass is 869 g/mol. The van der Waals surface area contributed by atoms with E-state index in [1.165, 1.54) is 27.1 Å². The number of fused-ring (bicyclic) bond motifs is 11. The van der Waals surface area contributed by atoms with E-state index >= 15 is 0 Å². The van der Waals surface area contributed by atoms with E-state index in [0.29, 0.717) is 12.4 Å². The van der Waals surface area contributed by atoms with E-state index in [0.717, 1.165) is 99.7 Å². The maximum absolute atomic E-state index is 6.83. The maximum Gasteiger partial charge on any atom is 0.144 e. The van der Waals surface area contributed by atoms with Crippen LogP contribution in [-0.4, -0.2) is 14.5 Å². The highest BCUT2D eigenvalue weighted by Crippen LogP contribution is 2.42. The van der Waals surface area contributed by atoms with E-state index in [2.05, 4.69) is 222 Å². The van der Waals surface area contributed by atoms with E-state index in [1.807, 2.05) is 12.1 Å². The minimum absolute atomic E-state index is 0.525. The highest BCUT2D eigenvalue weighted by Gasteiger charge is 2.19. The quantitative estimate of drug-likeness (QED) is 0.118. The number of para-hydroxylation sites is 3. The van der Waals surface area contributed by atoms with E-state index in [9.17, 15) is 0 Å². The molecule has 6 heteroatoms. The van der Waals surface area contributed by atoms with Crippen molar-refractivity contribution in [3.05, 3.63) is 230 Å². The van der Waals surface area contributed by atoms with Gasteiger partial charge in [-0.1, -0.05) is 158 Å². The first-order chi connectivity index (χ1) is 33.7. The highest BCUT2D eigenvalue weighted by atomic mass is 16.3. The van der Waals surface area contributed by atoms with Crippen LogP contribution in [-0.2, 0) is 6.54 Å². The molecule has 0 amide bonds. The van der Waals surface area contributed by atoms with Gasteiger partial charge in [-0.25, -0.2) is 4.98 Å². The molecule has 318 valence electrons. The highest BCUT2D eigenvalue weighted by molar-refractivity contribution is 6.25. The average molecular weight is 870 g/mol. The molecule has 0 N–H and O–H groups in total. The third-order valence-electron chi connectivity index (χ3n) is 13.6. The standard InChI is InChI=1S/C62H39N5O/c1-3-15-41(16-4-1)59-51-31-30-49-53-37-45(29-33-57(53)68-60(49)58(51)50-23-9-11-24-54(50)63-59)61-64-62(46-19-13-18-43(36-46)44-28-27-40-14-7-8-17-42(40)35-44)66(65-61)38-39-26-32-56-52(34-39)48-22-10-12-25-55(48)67(56)47-20-5-2-6-21-47/h1-37H,38H2. The van der Waals surface area contributed by atoms with Crippen molar-refractivity contribution in [2.45, 2.75) is 6.54 Å². The molecule has 0 spiro atoms. The third-order valence-corrected chi connectivity index (χ3v) is 13.6. The van der Waals surface area contributed by atoms with Gasteiger partial charge in [-0.3, -0.25) is 9.78 Å². The summed E-state index contributed by atoms with van der Waals surface area (Å²) < 4.78 is 11.3. The molecule has 4 aromatic heterocycles. The van der Waals surface area contributed by atoms with E-state index in [1.54, 1.807) is 0 Å². The third kappa shape index (κ3) is 6.15. The van der Waals surface area contributed by atoms with Crippen molar-refractivity contribution in [3.8, 4) is 50.8 Å². The van der Waals surface area contributed by atoms with Crippen LogP contribution in [0.5, 0.6) is 0 Å². The van der Waals surface area contributed by atoms with Crippen molar-refractivity contribution in [1.29, 1.82) is 0 Å². The Kier molecular flexibility index (Phi) is 8.55. The number of benzene rings is 10. The molecule has 0 aliphatic heterocycles. The minimum atomic E-state index is 0.525. The lowest BCUT2D eigenvalue weighted by molar-refractivity contribution is -0.737. The van der Waals surface area contributed by atoms with Crippen LogP contribution >= 0.6 is 0 Å². The largest absolute Gasteiger partial charge is 0.455 e. The fourth-order valence-corrected chi connectivity index (χ4v) is 10.4. The fraction of sp³-hybridized carbons (Fsp3) is 0.0161. The van der Waals surface area contributed by atoms with Gasteiger partial charge in [0.25, 0.3) is 0 Å². The summed E-state index contributed by atoms with van der Waals surface area (Å²) in [6, 6.07) is 79.4. The van der Waals surface area contributed by atoms with Gasteiger partial charge >= 0.3 is 0 Å². The van der Waals surface area contributed by atoms with Gasteiger partial charge in [-0.05, 0) is 106 Å². The van der Waals surface area contributed by atoms with Gasteiger partial charge in [0.2, 0.25) is 0 Å². The molecule has 6 nitrogen and oxygen atoms in total. The van der Waals surface area contributed by atoms with Gasteiger partial charge in [-0.2, -0.15) is 0 Å². The molecule has 4 heterocycles. The zero-order chi connectivity index (χ0) is 44.7. The molecule has 68 heavy (non-hydrogen) atoms. The Hall–Kier alpha value is -9.13. The van der Waals surface area contributed by atoms with Crippen LogP contribution in [0.1, 0.15) is 5.56 Å². The van der Waals surface area contributed by atoms with Crippen LogP contribution in [0, 0.1) is 0 Å². The molecule has 0 saturated heterocycles. The second-order valence-corrected chi connectivity index (χ2v) is 17.6. The van der Waals surface area contributed by atoms with Gasteiger partial charge in [0.15, 0.2) is 0 Å². The van der Waals surface area contributed by atoms with Crippen LogP contribution in [0.2, 0.25) is 0 Å². The summed E-state index contributed by atoms with van der Waals surface area (Å²) in [6.45, 7) is 0.525. The Morgan fingerprint density at radius 1 is 0.441 bits per heavy atom. The number of pyridine rings is 1. The van der Waals surface area contributed by atoms with Crippen molar-refractivity contribution in [1.82, 2.24) is 19.6 Å². The van der Waals surface area contributed by atoms with Crippen LogP contribution < -0.4 is 9.78 Å². The smallest absolute Gasteiger partial charge is 0.144 e. The summed E-state index contributed by atoms with van der Waals surface area (Å²) in [4.78, 5) is 10.6. The number of rotatable bonds is 7. The Morgan fingerprint density at radius 2 is 1.15 bits per heavy atom. The minimum Gasteiger partial charge on any atom is -0.455 e. The molecule has 0 saturated carbocycles. The summed E-state index contributed by atoms with van der Waals surface area (Å²) >= 11 is 0. The molecule has 0 unspecified atom stereocenters. The van der Waals surface area contributed by atoms with Gasteiger partial charge < -0.3 is 14.0 Å². The SMILES string of the molecule is c1ccc(-c2nc3ccccc3c3c2ccc2c4cc(-c5nc(-c6cccc(-c7ccc8ccccc8c7)c6)[n+](Cc6ccc7c(c6)c6ccccc6n7-c6ccccc6)[n-]5)ccc4oc23)cc1. The Labute approximate surface area is 390 Å². The average Bonchev–Trinajstić information content (AvgIpc) is 4.10. The molecule has 14 rings (SSSR count). The van der Waals surface area contributed by atoms with Crippen LogP contribution in [0.25, 0.3) is 127 Å². The predicted octanol–water partition coefficient (Wildman–Crippen LogP) is 14.9. The number of furan rings is 1. The summed E-state index contributed by atoms with van der Waals surface area (Å²) in [7, 11) is 0. The van der Waals surface area contributed by atoms with E-state index < -0.39 is 0 Å². The van der Waals surface area contributed by atoms with Crippen LogP contribution in [0.3, 0.4) is 0 Å². The molecule has 0 fully saturated rings. The number of hydrogen-bond acceptors (Lipinski definition) is 3. The molecule has 0 radical (unpaired) electrons. The van der Waals surface area contributed by atoms with Crippen molar-refractivity contribution in [3.63, 3.8) is 0 Å². The lowest BCUT2D eigenvalue weighted by Gasteiger charge is -2.11. The summed E-state index contributed by atoms with van der Waals surface area (Å²) in [5.74, 6) is 1.45. The van der Waals surface area contributed by atoms with Gasteiger partial charge in [0.05, 0.1) is 22.2 Å². The van der Waals surface area contributed by atoms with E-state index in [-0.39, 0.29) is 0 Å². The first kappa shape index (κ1) is 38.2. The van der Waals surface area contributed by atoms with Crippen molar-refractivity contribution in [2.75, 3.05) is 0 Å². The van der Waals surface area contributed by atoms with Gasteiger partial charge in [-0.15, -0.1) is 0 Å². The molecular formula is C62H39N5O. The second kappa shape index (κ2) is 15.2. The molecule has 0 aliphatic rings. The van der Waals surface area contributed by atoms with Gasteiger partial charge in [0, 0.05) is 54.5 Å². The molecule has 0 aliphatic carbocycles. The van der Waals surface area contributed by atoms with Gasteiger partial charge in [0.1, 0.15) is 23.5 Å². The summed E-state index contributed by atoms with van der Waals surface area (Å²) in [5.41, 5.74) is 13.4. The predicted molar refractivity (Wildman–Crippen MR) is 277 cm³/mol. The number of hydrogen-bond donors (Lipinski definition) is 0. The van der Waals surface area contributed by atoms with Crippen LogP contribution in [0.15, 0.2) is 229 Å². The summed E-state index contributed by atoms with van der Waals surface area (Å²) in [6.07, 6.45) is 0.